The van der Waals surface area contributed by atoms with E-state index in [0.717, 1.165) is 11.6 Å². The standard InChI is InChI=1S/C20H17F2N3O3S/c21-20(22)29(27,28)18-4-2-1-3-17(18)24-13-14-5-7-16(8-6-14)25-19(26)15-9-11-23-12-10-15/h1-12,20,24H,13H2,(H,25,26). The molecule has 0 radical (unpaired) electrons. The molecule has 1 heterocycles. The van der Waals surface area contributed by atoms with E-state index in [4.69, 9.17) is 0 Å². The zero-order valence-corrected chi connectivity index (χ0v) is 15.9. The minimum absolute atomic E-state index is 0.0999. The SMILES string of the molecule is O=C(Nc1ccc(CNc2ccccc2S(=O)(=O)C(F)F)cc1)c1ccncc1. The van der Waals surface area contributed by atoms with Crippen LogP contribution in [0.5, 0.6) is 0 Å². The lowest BCUT2D eigenvalue weighted by atomic mass is 10.2. The molecule has 0 bridgehead atoms. The molecule has 2 N–H and O–H groups in total. The second-order valence-corrected chi connectivity index (χ2v) is 7.93. The lowest BCUT2D eigenvalue weighted by Crippen LogP contribution is -2.14. The summed E-state index contributed by atoms with van der Waals surface area (Å²) >= 11 is 0. The highest BCUT2D eigenvalue weighted by Crippen LogP contribution is 2.26. The van der Waals surface area contributed by atoms with Crippen LogP contribution in [0.4, 0.5) is 20.2 Å². The van der Waals surface area contributed by atoms with E-state index in [9.17, 15) is 22.0 Å². The maximum atomic E-state index is 12.9. The monoisotopic (exact) mass is 417 g/mol. The van der Waals surface area contributed by atoms with Crippen LogP contribution < -0.4 is 10.6 Å². The third-order valence-electron chi connectivity index (χ3n) is 4.07. The normalized spacial score (nSPS) is 11.3. The van der Waals surface area contributed by atoms with Crippen molar-refractivity contribution in [1.82, 2.24) is 4.98 Å². The van der Waals surface area contributed by atoms with Crippen LogP contribution in [0.1, 0.15) is 15.9 Å². The van der Waals surface area contributed by atoms with E-state index in [1.165, 1.54) is 24.5 Å². The Morgan fingerprint density at radius 3 is 2.28 bits per heavy atom. The van der Waals surface area contributed by atoms with Crippen LogP contribution >= 0.6 is 0 Å². The Hall–Kier alpha value is -3.33. The number of amides is 1. The minimum Gasteiger partial charge on any atom is -0.380 e. The van der Waals surface area contributed by atoms with Gasteiger partial charge in [0, 0.05) is 30.2 Å². The molecule has 6 nitrogen and oxygen atoms in total. The Morgan fingerprint density at radius 2 is 1.62 bits per heavy atom. The van der Waals surface area contributed by atoms with E-state index < -0.39 is 20.5 Å². The number of aromatic nitrogens is 1. The fourth-order valence-electron chi connectivity index (χ4n) is 2.57. The number of hydrogen-bond acceptors (Lipinski definition) is 5. The van der Waals surface area contributed by atoms with Crippen molar-refractivity contribution in [3.63, 3.8) is 0 Å². The van der Waals surface area contributed by atoms with E-state index in [2.05, 4.69) is 15.6 Å². The van der Waals surface area contributed by atoms with Crippen molar-refractivity contribution in [2.24, 2.45) is 0 Å². The molecule has 2 aromatic carbocycles. The summed E-state index contributed by atoms with van der Waals surface area (Å²) in [7, 11) is -4.71. The predicted octanol–water partition coefficient (Wildman–Crippen LogP) is 3.94. The lowest BCUT2D eigenvalue weighted by Gasteiger charge is -2.12. The van der Waals surface area contributed by atoms with Crippen molar-refractivity contribution in [2.45, 2.75) is 17.2 Å². The maximum absolute atomic E-state index is 12.9. The van der Waals surface area contributed by atoms with Crippen molar-refractivity contribution in [3.8, 4) is 0 Å². The van der Waals surface area contributed by atoms with Crippen LogP contribution in [0, 0.1) is 0 Å². The number of rotatable bonds is 7. The quantitative estimate of drug-likeness (QED) is 0.608. The molecule has 1 aromatic heterocycles. The summed E-state index contributed by atoms with van der Waals surface area (Å²) in [5.41, 5.74) is 1.93. The van der Waals surface area contributed by atoms with Gasteiger partial charge in [-0.1, -0.05) is 24.3 Å². The number of pyridine rings is 1. The highest BCUT2D eigenvalue weighted by Gasteiger charge is 2.28. The minimum atomic E-state index is -4.71. The van der Waals surface area contributed by atoms with Crippen molar-refractivity contribution in [1.29, 1.82) is 0 Å². The summed E-state index contributed by atoms with van der Waals surface area (Å²) in [4.78, 5) is 15.5. The summed E-state index contributed by atoms with van der Waals surface area (Å²) in [6, 6.07) is 15.6. The number of sulfone groups is 1. The molecular weight excluding hydrogens is 400 g/mol. The van der Waals surface area contributed by atoms with Crippen molar-refractivity contribution in [3.05, 3.63) is 84.2 Å². The second-order valence-electron chi connectivity index (χ2n) is 6.04. The van der Waals surface area contributed by atoms with Gasteiger partial charge in [-0.3, -0.25) is 9.78 Å². The summed E-state index contributed by atoms with van der Waals surface area (Å²) in [6.45, 7) is 0.217. The van der Waals surface area contributed by atoms with Gasteiger partial charge in [-0.25, -0.2) is 8.42 Å². The number of hydrogen-bond donors (Lipinski definition) is 2. The van der Waals surface area contributed by atoms with Gasteiger partial charge in [0.05, 0.1) is 10.6 Å². The van der Waals surface area contributed by atoms with Crippen LogP contribution in [0.15, 0.2) is 78.0 Å². The molecule has 3 aromatic rings. The zero-order valence-electron chi connectivity index (χ0n) is 15.0. The molecule has 29 heavy (non-hydrogen) atoms. The van der Waals surface area contributed by atoms with Gasteiger partial charge >= 0.3 is 5.76 Å². The average molecular weight is 417 g/mol. The van der Waals surface area contributed by atoms with Crippen LogP contribution in [-0.2, 0) is 16.4 Å². The molecule has 0 aliphatic carbocycles. The Labute approximate surface area is 166 Å². The van der Waals surface area contributed by atoms with Crippen molar-refractivity contribution >= 4 is 27.1 Å². The van der Waals surface area contributed by atoms with Crippen molar-refractivity contribution in [2.75, 3.05) is 10.6 Å². The molecule has 0 saturated carbocycles. The number of carbonyl (C=O) groups is 1. The predicted molar refractivity (Wildman–Crippen MR) is 106 cm³/mol. The number of alkyl halides is 2. The first-order valence-corrected chi connectivity index (χ1v) is 10.1. The Morgan fingerprint density at radius 1 is 0.966 bits per heavy atom. The number of para-hydroxylation sites is 1. The van der Waals surface area contributed by atoms with Crippen LogP contribution in [0.2, 0.25) is 0 Å². The van der Waals surface area contributed by atoms with E-state index in [1.807, 2.05) is 0 Å². The smallest absolute Gasteiger partial charge is 0.341 e. The molecule has 9 heteroatoms. The average Bonchev–Trinajstić information content (AvgIpc) is 2.74. The van der Waals surface area contributed by atoms with Gasteiger partial charge in [0.2, 0.25) is 9.84 Å². The van der Waals surface area contributed by atoms with Crippen LogP contribution in [0.3, 0.4) is 0 Å². The van der Waals surface area contributed by atoms with Crippen LogP contribution in [-0.4, -0.2) is 25.1 Å². The van der Waals surface area contributed by atoms with E-state index in [1.54, 1.807) is 42.5 Å². The molecule has 0 unspecified atom stereocenters. The fourth-order valence-corrected chi connectivity index (χ4v) is 3.47. The molecule has 0 atom stereocenters. The van der Waals surface area contributed by atoms with Gasteiger partial charge in [-0.15, -0.1) is 0 Å². The number of benzene rings is 2. The highest BCUT2D eigenvalue weighted by atomic mass is 32.2. The van der Waals surface area contributed by atoms with E-state index in [-0.39, 0.29) is 18.1 Å². The lowest BCUT2D eigenvalue weighted by molar-refractivity contribution is 0.102. The fraction of sp³-hybridized carbons (Fsp3) is 0.100. The molecule has 0 aliphatic rings. The van der Waals surface area contributed by atoms with Gasteiger partial charge in [-0.05, 0) is 42.0 Å². The molecular formula is C20H17F2N3O3S. The van der Waals surface area contributed by atoms with Gasteiger partial charge in [0.25, 0.3) is 5.91 Å². The molecule has 3 rings (SSSR count). The summed E-state index contributed by atoms with van der Waals surface area (Å²) in [6.07, 6.45) is 3.05. The largest absolute Gasteiger partial charge is 0.380 e. The summed E-state index contributed by atoms with van der Waals surface area (Å²) < 4.78 is 49.3. The number of anilines is 2. The maximum Gasteiger partial charge on any atom is 0.341 e. The zero-order chi connectivity index (χ0) is 20.9. The van der Waals surface area contributed by atoms with Gasteiger partial charge in [-0.2, -0.15) is 8.78 Å². The first kappa shape index (κ1) is 20.4. The third-order valence-corrected chi connectivity index (χ3v) is 5.50. The molecule has 1 amide bonds. The number of halogens is 2. The molecule has 0 spiro atoms. The van der Waals surface area contributed by atoms with E-state index in [0.29, 0.717) is 11.3 Å². The third kappa shape index (κ3) is 4.94. The highest BCUT2D eigenvalue weighted by molar-refractivity contribution is 7.91. The van der Waals surface area contributed by atoms with Crippen LogP contribution in [0.25, 0.3) is 0 Å². The topological polar surface area (TPSA) is 88.2 Å². The molecule has 0 aliphatic heterocycles. The van der Waals surface area contributed by atoms with Gasteiger partial charge < -0.3 is 10.6 Å². The first-order chi connectivity index (χ1) is 13.9. The number of nitrogens with one attached hydrogen (secondary N) is 2. The summed E-state index contributed by atoms with van der Waals surface area (Å²) in [5, 5.41) is 5.62. The van der Waals surface area contributed by atoms with Crippen molar-refractivity contribution < 1.29 is 22.0 Å². The van der Waals surface area contributed by atoms with E-state index >= 15 is 0 Å². The molecule has 0 fully saturated rings. The Kier molecular flexibility index (Phi) is 6.18. The molecule has 150 valence electrons. The van der Waals surface area contributed by atoms with Gasteiger partial charge in [0.1, 0.15) is 0 Å². The second kappa shape index (κ2) is 8.78. The molecule has 0 saturated heterocycles. The number of nitrogens with zero attached hydrogens (tertiary/aromatic N) is 1. The number of carbonyl (C=O) groups excluding carboxylic acids is 1. The summed E-state index contributed by atoms with van der Waals surface area (Å²) in [5.74, 6) is -3.77. The Bertz CT molecular complexity index is 1090. The Balaban J connectivity index is 1.67. The van der Waals surface area contributed by atoms with Gasteiger partial charge in [0.15, 0.2) is 0 Å². The first-order valence-electron chi connectivity index (χ1n) is 8.53.